The number of rotatable bonds is 5. The zero-order valence-corrected chi connectivity index (χ0v) is 15.3. The normalized spacial score (nSPS) is 29.6. The Morgan fingerprint density at radius 2 is 1.72 bits per heavy atom. The number of halogens is 2. The van der Waals surface area contributed by atoms with Crippen LogP contribution in [0.15, 0.2) is 36.9 Å². The summed E-state index contributed by atoms with van der Waals surface area (Å²) in [5, 5.41) is 0. The molecule has 2 fully saturated rings. The van der Waals surface area contributed by atoms with Crippen LogP contribution < -0.4 is 0 Å². The third-order valence-electron chi connectivity index (χ3n) is 6.35. The van der Waals surface area contributed by atoms with E-state index in [1.54, 1.807) is 18.2 Å². The van der Waals surface area contributed by atoms with Gasteiger partial charge in [0.15, 0.2) is 0 Å². The quantitative estimate of drug-likeness (QED) is 0.506. The predicted molar refractivity (Wildman–Crippen MR) is 101 cm³/mol. The van der Waals surface area contributed by atoms with Gasteiger partial charge in [0.2, 0.25) is 0 Å². The van der Waals surface area contributed by atoms with E-state index in [0.717, 1.165) is 36.2 Å². The van der Waals surface area contributed by atoms with Crippen LogP contribution in [0.4, 0.5) is 8.78 Å². The Bertz CT molecular complexity index is 608. The van der Waals surface area contributed by atoms with Crippen molar-refractivity contribution in [1.29, 1.82) is 0 Å². The van der Waals surface area contributed by atoms with Crippen LogP contribution in [0.5, 0.6) is 0 Å². The van der Waals surface area contributed by atoms with Crippen molar-refractivity contribution in [3.05, 3.63) is 59.7 Å². The number of hydrogen-bond acceptors (Lipinski definition) is 0. The summed E-state index contributed by atoms with van der Waals surface area (Å²) in [5.74, 6) is 1.82. The molecule has 0 aromatic heterocycles. The van der Waals surface area contributed by atoms with Crippen molar-refractivity contribution in [2.45, 2.75) is 64.2 Å². The molecule has 0 spiro atoms. The average molecular weight is 344 g/mol. The third kappa shape index (κ3) is 4.22. The van der Waals surface area contributed by atoms with Crippen LogP contribution in [0.3, 0.4) is 0 Å². The van der Waals surface area contributed by atoms with Gasteiger partial charge in [-0.25, -0.2) is 8.78 Å². The summed E-state index contributed by atoms with van der Waals surface area (Å²) < 4.78 is 28.8. The first-order chi connectivity index (χ1) is 12.1. The Labute approximate surface area is 151 Å². The van der Waals surface area contributed by atoms with Gasteiger partial charge in [0, 0.05) is 5.56 Å². The Morgan fingerprint density at radius 3 is 2.40 bits per heavy atom. The summed E-state index contributed by atoms with van der Waals surface area (Å²) in [7, 11) is 0. The van der Waals surface area contributed by atoms with E-state index in [1.165, 1.54) is 25.7 Å². The minimum atomic E-state index is -0.379. The summed E-state index contributed by atoms with van der Waals surface area (Å²) in [6.07, 6.45) is 14.4. The number of hydrogen-bond donors (Lipinski definition) is 0. The molecule has 2 aliphatic carbocycles. The second kappa shape index (κ2) is 8.29. The monoisotopic (exact) mass is 344 g/mol. The first-order valence-electron chi connectivity index (χ1n) is 9.83. The van der Waals surface area contributed by atoms with Gasteiger partial charge in [0.05, 0.1) is 0 Å². The molecule has 136 valence electrons. The van der Waals surface area contributed by atoms with Gasteiger partial charge in [0.1, 0.15) is 11.6 Å². The summed E-state index contributed by atoms with van der Waals surface area (Å²) in [6.45, 7) is 5.73. The Kier molecular flexibility index (Phi) is 6.09. The lowest BCUT2D eigenvalue weighted by Crippen LogP contribution is -2.30. The van der Waals surface area contributed by atoms with Crippen LogP contribution in [0.25, 0.3) is 0 Å². The number of fused-ring (bicyclic) bond motifs is 1. The van der Waals surface area contributed by atoms with Crippen LogP contribution in [-0.2, 0) is 6.42 Å². The van der Waals surface area contributed by atoms with E-state index in [2.05, 4.69) is 25.7 Å². The second-order valence-corrected chi connectivity index (χ2v) is 7.92. The van der Waals surface area contributed by atoms with Crippen LogP contribution in [0.2, 0.25) is 0 Å². The van der Waals surface area contributed by atoms with Crippen molar-refractivity contribution in [3.8, 4) is 0 Å². The van der Waals surface area contributed by atoms with Gasteiger partial charge >= 0.3 is 0 Å². The Morgan fingerprint density at radius 1 is 1.04 bits per heavy atom. The van der Waals surface area contributed by atoms with Crippen molar-refractivity contribution in [1.82, 2.24) is 0 Å². The third-order valence-corrected chi connectivity index (χ3v) is 6.35. The van der Waals surface area contributed by atoms with Crippen LogP contribution in [0.1, 0.15) is 68.9 Å². The molecule has 3 rings (SSSR count). The van der Waals surface area contributed by atoms with Crippen molar-refractivity contribution in [2.75, 3.05) is 0 Å². The summed E-state index contributed by atoms with van der Waals surface area (Å²) >= 11 is 0. The molecule has 2 saturated carbocycles. The Balaban J connectivity index is 1.69. The fourth-order valence-corrected chi connectivity index (χ4v) is 5.02. The fourth-order valence-electron chi connectivity index (χ4n) is 5.02. The standard InChI is InChI=1S/C23H30F2/c1-3-5-7-21-22(24)14-20(15-23(21)25)19-11-10-17-12-16(6-4-2)8-9-18(17)13-19/h3-4,6,14-19H,1,5,7-13H2,2H3/t16-,17-,18-,19?/m1/s1. The van der Waals surface area contributed by atoms with E-state index in [9.17, 15) is 8.78 Å². The highest BCUT2D eigenvalue weighted by molar-refractivity contribution is 5.29. The molecule has 0 radical (unpaired) electrons. The molecule has 0 heterocycles. The lowest BCUT2D eigenvalue weighted by molar-refractivity contribution is 0.133. The molecule has 2 heteroatoms. The number of allylic oxidation sites excluding steroid dienone is 3. The molecule has 1 aromatic carbocycles. The van der Waals surface area contributed by atoms with E-state index in [0.29, 0.717) is 18.8 Å². The van der Waals surface area contributed by atoms with Crippen molar-refractivity contribution in [2.24, 2.45) is 17.8 Å². The van der Waals surface area contributed by atoms with E-state index in [-0.39, 0.29) is 17.2 Å². The highest BCUT2D eigenvalue weighted by Gasteiger charge is 2.35. The average Bonchev–Trinajstić information content (AvgIpc) is 2.61. The fraction of sp³-hybridized carbons (Fsp3) is 0.565. The molecule has 0 aliphatic heterocycles. The SMILES string of the molecule is C=CCCc1c(F)cc(C2CC[C@@H]3C[C@H](C=CC)CC[C@@H]3C2)cc1F. The molecular formula is C23H30F2. The highest BCUT2D eigenvalue weighted by Crippen LogP contribution is 2.48. The molecule has 4 atom stereocenters. The molecule has 0 nitrogen and oxygen atoms in total. The van der Waals surface area contributed by atoms with Gasteiger partial charge < -0.3 is 0 Å². The highest BCUT2D eigenvalue weighted by atomic mass is 19.1. The maximum Gasteiger partial charge on any atom is 0.129 e. The minimum absolute atomic E-state index is 0.212. The molecule has 0 amide bonds. The molecule has 2 aliphatic rings. The lowest BCUT2D eigenvalue weighted by Gasteiger charge is -2.42. The summed E-state index contributed by atoms with van der Waals surface area (Å²) in [4.78, 5) is 0. The molecule has 1 aromatic rings. The van der Waals surface area contributed by atoms with Gasteiger partial charge in [-0.3, -0.25) is 0 Å². The van der Waals surface area contributed by atoms with Gasteiger partial charge in [-0.05, 0) is 99.7 Å². The van der Waals surface area contributed by atoms with Gasteiger partial charge in [-0.15, -0.1) is 6.58 Å². The van der Waals surface area contributed by atoms with Crippen LogP contribution >= 0.6 is 0 Å². The molecule has 0 saturated heterocycles. The van der Waals surface area contributed by atoms with Crippen LogP contribution in [-0.4, -0.2) is 0 Å². The second-order valence-electron chi connectivity index (χ2n) is 7.92. The van der Waals surface area contributed by atoms with Gasteiger partial charge in [-0.2, -0.15) is 0 Å². The molecule has 0 N–H and O–H groups in total. The Hall–Kier alpha value is -1.44. The van der Waals surface area contributed by atoms with Crippen LogP contribution in [0, 0.1) is 29.4 Å². The minimum Gasteiger partial charge on any atom is -0.207 e. The topological polar surface area (TPSA) is 0 Å². The molecular weight excluding hydrogens is 314 g/mol. The lowest BCUT2D eigenvalue weighted by atomic mass is 9.64. The molecule has 25 heavy (non-hydrogen) atoms. The van der Waals surface area contributed by atoms with E-state index >= 15 is 0 Å². The van der Waals surface area contributed by atoms with Crippen molar-refractivity contribution >= 4 is 0 Å². The van der Waals surface area contributed by atoms with Gasteiger partial charge in [0.25, 0.3) is 0 Å². The van der Waals surface area contributed by atoms with Crippen molar-refractivity contribution < 1.29 is 8.78 Å². The molecule has 1 unspecified atom stereocenters. The predicted octanol–water partition coefficient (Wildman–Crippen LogP) is 6.96. The van der Waals surface area contributed by atoms with Gasteiger partial charge in [-0.1, -0.05) is 18.2 Å². The summed E-state index contributed by atoms with van der Waals surface area (Å²) in [6, 6.07) is 3.19. The zero-order chi connectivity index (χ0) is 17.8. The van der Waals surface area contributed by atoms with E-state index < -0.39 is 0 Å². The smallest absolute Gasteiger partial charge is 0.129 e. The molecule has 0 bridgehead atoms. The van der Waals surface area contributed by atoms with E-state index in [4.69, 9.17) is 0 Å². The maximum atomic E-state index is 14.4. The first-order valence-corrected chi connectivity index (χ1v) is 9.83. The zero-order valence-electron chi connectivity index (χ0n) is 15.3. The first kappa shape index (κ1) is 18.4. The largest absolute Gasteiger partial charge is 0.207 e. The van der Waals surface area contributed by atoms with Crippen molar-refractivity contribution in [3.63, 3.8) is 0 Å². The number of benzene rings is 1. The maximum absolute atomic E-state index is 14.4. The van der Waals surface area contributed by atoms with E-state index in [1.807, 2.05) is 0 Å². The summed E-state index contributed by atoms with van der Waals surface area (Å²) in [5.41, 5.74) is 1.08.